The van der Waals surface area contributed by atoms with Crippen molar-refractivity contribution >= 4 is 11.6 Å². The van der Waals surface area contributed by atoms with E-state index >= 15 is 0 Å². The van der Waals surface area contributed by atoms with Gasteiger partial charge >= 0.3 is 0 Å². The molecule has 1 aromatic rings. The van der Waals surface area contributed by atoms with Gasteiger partial charge in [-0.3, -0.25) is 0 Å². The van der Waals surface area contributed by atoms with Crippen LogP contribution in [0.2, 0.25) is 5.02 Å². The fourth-order valence-corrected chi connectivity index (χ4v) is 2.16. The number of halogens is 1. The van der Waals surface area contributed by atoms with Crippen LogP contribution in [0.4, 0.5) is 0 Å². The van der Waals surface area contributed by atoms with Gasteiger partial charge in [-0.15, -0.1) is 0 Å². The third-order valence-corrected chi connectivity index (χ3v) is 3.20. The first-order valence-electron chi connectivity index (χ1n) is 5.54. The molecule has 1 fully saturated rings. The summed E-state index contributed by atoms with van der Waals surface area (Å²) < 4.78 is 0. The van der Waals surface area contributed by atoms with Crippen LogP contribution >= 0.6 is 11.6 Å². The van der Waals surface area contributed by atoms with E-state index in [1.165, 1.54) is 24.9 Å². The van der Waals surface area contributed by atoms with Gasteiger partial charge < -0.3 is 10.6 Å². The Morgan fingerprint density at radius 2 is 2.27 bits per heavy atom. The van der Waals surface area contributed by atoms with Crippen LogP contribution < -0.4 is 10.6 Å². The molecule has 1 aliphatic heterocycles. The molecule has 3 heteroatoms. The van der Waals surface area contributed by atoms with Gasteiger partial charge in [-0.2, -0.15) is 0 Å². The summed E-state index contributed by atoms with van der Waals surface area (Å²) in [6, 6.07) is 8.64. The lowest BCUT2D eigenvalue weighted by atomic mass is 10.2. The normalized spacial score (nSPS) is 20.7. The van der Waals surface area contributed by atoms with Crippen LogP contribution in [0.5, 0.6) is 0 Å². The molecule has 0 amide bonds. The lowest BCUT2D eigenvalue weighted by Crippen LogP contribution is -2.33. The van der Waals surface area contributed by atoms with Gasteiger partial charge in [0.15, 0.2) is 0 Å². The molecule has 0 spiro atoms. The average Bonchev–Trinajstić information content (AvgIpc) is 2.74. The van der Waals surface area contributed by atoms with Gasteiger partial charge in [0, 0.05) is 24.2 Å². The zero-order chi connectivity index (χ0) is 10.5. The maximum absolute atomic E-state index is 6.06. The molecule has 15 heavy (non-hydrogen) atoms. The van der Waals surface area contributed by atoms with E-state index in [4.69, 9.17) is 11.6 Å². The first-order valence-corrected chi connectivity index (χ1v) is 5.91. The van der Waals surface area contributed by atoms with Crippen molar-refractivity contribution in [2.75, 3.05) is 13.1 Å². The molecule has 82 valence electrons. The minimum Gasteiger partial charge on any atom is -0.313 e. The zero-order valence-electron chi connectivity index (χ0n) is 8.80. The molecule has 0 saturated carbocycles. The SMILES string of the molecule is Clc1ccccc1CNCC1CCCN1. The van der Waals surface area contributed by atoms with E-state index in [0.717, 1.165) is 18.1 Å². The topological polar surface area (TPSA) is 24.1 Å². The van der Waals surface area contributed by atoms with Crippen LogP contribution in [-0.4, -0.2) is 19.1 Å². The maximum Gasteiger partial charge on any atom is 0.0450 e. The van der Waals surface area contributed by atoms with Crippen LogP contribution in [0, 0.1) is 0 Å². The second kappa shape index (κ2) is 5.50. The van der Waals surface area contributed by atoms with Gasteiger partial charge in [0.25, 0.3) is 0 Å². The van der Waals surface area contributed by atoms with E-state index in [2.05, 4.69) is 16.7 Å². The summed E-state index contributed by atoms with van der Waals surface area (Å²) in [5, 5.41) is 7.75. The highest BCUT2D eigenvalue weighted by Crippen LogP contribution is 2.14. The van der Waals surface area contributed by atoms with Crippen molar-refractivity contribution in [1.29, 1.82) is 0 Å². The molecule has 2 nitrogen and oxygen atoms in total. The highest BCUT2D eigenvalue weighted by Gasteiger charge is 2.12. The lowest BCUT2D eigenvalue weighted by Gasteiger charge is -2.11. The third-order valence-electron chi connectivity index (χ3n) is 2.83. The first kappa shape index (κ1) is 10.9. The molecule has 0 aliphatic carbocycles. The van der Waals surface area contributed by atoms with Gasteiger partial charge in [-0.05, 0) is 31.0 Å². The zero-order valence-corrected chi connectivity index (χ0v) is 9.56. The van der Waals surface area contributed by atoms with Gasteiger partial charge in [0.1, 0.15) is 0 Å². The van der Waals surface area contributed by atoms with E-state index in [-0.39, 0.29) is 0 Å². The van der Waals surface area contributed by atoms with Crippen LogP contribution in [-0.2, 0) is 6.54 Å². The summed E-state index contributed by atoms with van der Waals surface area (Å²) in [5.41, 5.74) is 1.18. The quantitative estimate of drug-likeness (QED) is 0.820. The fourth-order valence-electron chi connectivity index (χ4n) is 1.95. The summed E-state index contributed by atoms with van der Waals surface area (Å²) in [6.07, 6.45) is 2.59. The van der Waals surface area contributed by atoms with E-state index in [1.54, 1.807) is 0 Å². The Bertz CT molecular complexity index is 308. The van der Waals surface area contributed by atoms with E-state index in [0.29, 0.717) is 6.04 Å². The highest BCUT2D eigenvalue weighted by molar-refractivity contribution is 6.31. The first-order chi connectivity index (χ1) is 7.36. The van der Waals surface area contributed by atoms with E-state index in [1.807, 2.05) is 18.2 Å². The van der Waals surface area contributed by atoms with Crippen molar-refractivity contribution in [2.24, 2.45) is 0 Å². The average molecular weight is 225 g/mol. The molecular weight excluding hydrogens is 208 g/mol. The summed E-state index contributed by atoms with van der Waals surface area (Å²) in [4.78, 5) is 0. The molecule has 2 rings (SSSR count). The number of benzene rings is 1. The van der Waals surface area contributed by atoms with Crippen molar-refractivity contribution in [2.45, 2.75) is 25.4 Å². The van der Waals surface area contributed by atoms with Crippen molar-refractivity contribution in [3.8, 4) is 0 Å². The Morgan fingerprint density at radius 3 is 3.00 bits per heavy atom. The molecule has 1 unspecified atom stereocenters. The van der Waals surface area contributed by atoms with Gasteiger partial charge in [0.2, 0.25) is 0 Å². The van der Waals surface area contributed by atoms with Crippen LogP contribution in [0.25, 0.3) is 0 Å². The number of hydrogen-bond donors (Lipinski definition) is 2. The van der Waals surface area contributed by atoms with Gasteiger partial charge in [-0.1, -0.05) is 29.8 Å². The van der Waals surface area contributed by atoms with Crippen LogP contribution in [0.3, 0.4) is 0 Å². The second-order valence-electron chi connectivity index (χ2n) is 4.02. The summed E-state index contributed by atoms with van der Waals surface area (Å²) in [5.74, 6) is 0. The third kappa shape index (κ3) is 3.20. The van der Waals surface area contributed by atoms with Gasteiger partial charge in [0.05, 0.1) is 0 Å². The van der Waals surface area contributed by atoms with Gasteiger partial charge in [-0.25, -0.2) is 0 Å². The van der Waals surface area contributed by atoms with Crippen molar-refractivity contribution in [3.63, 3.8) is 0 Å². The molecule has 1 aliphatic rings. The predicted molar refractivity (Wildman–Crippen MR) is 64.2 cm³/mol. The predicted octanol–water partition coefficient (Wildman–Crippen LogP) is 2.18. The largest absolute Gasteiger partial charge is 0.313 e. The molecule has 0 bridgehead atoms. The Hall–Kier alpha value is -0.570. The standard InChI is InChI=1S/C12H17ClN2/c13-12-6-2-1-4-10(12)8-14-9-11-5-3-7-15-11/h1-2,4,6,11,14-15H,3,5,7-9H2. The van der Waals surface area contributed by atoms with Crippen molar-refractivity contribution in [1.82, 2.24) is 10.6 Å². The maximum atomic E-state index is 6.06. The monoisotopic (exact) mass is 224 g/mol. The molecular formula is C12H17ClN2. The molecule has 0 radical (unpaired) electrons. The molecule has 0 aromatic heterocycles. The minimum absolute atomic E-state index is 0.646. The Balaban J connectivity index is 1.75. The summed E-state index contributed by atoms with van der Waals surface area (Å²) >= 11 is 6.06. The molecule has 1 atom stereocenters. The molecule has 2 N–H and O–H groups in total. The second-order valence-corrected chi connectivity index (χ2v) is 4.42. The Labute approximate surface area is 96.0 Å². The number of hydrogen-bond acceptors (Lipinski definition) is 2. The van der Waals surface area contributed by atoms with Crippen LogP contribution in [0.1, 0.15) is 18.4 Å². The van der Waals surface area contributed by atoms with E-state index < -0.39 is 0 Å². The number of nitrogens with one attached hydrogen (secondary N) is 2. The number of rotatable bonds is 4. The summed E-state index contributed by atoms with van der Waals surface area (Å²) in [6.45, 7) is 3.06. The lowest BCUT2D eigenvalue weighted by molar-refractivity contribution is 0.536. The highest BCUT2D eigenvalue weighted by atomic mass is 35.5. The molecule has 1 aromatic carbocycles. The smallest absolute Gasteiger partial charge is 0.0450 e. The molecule has 1 heterocycles. The summed E-state index contributed by atoms with van der Waals surface area (Å²) in [7, 11) is 0. The fraction of sp³-hybridized carbons (Fsp3) is 0.500. The Kier molecular flexibility index (Phi) is 4.01. The van der Waals surface area contributed by atoms with Crippen molar-refractivity contribution in [3.05, 3.63) is 34.9 Å². The minimum atomic E-state index is 0.646. The van der Waals surface area contributed by atoms with E-state index in [9.17, 15) is 0 Å². The molecule has 1 saturated heterocycles. The van der Waals surface area contributed by atoms with Crippen LogP contribution in [0.15, 0.2) is 24.3 Å². The van der Waals surface area contributed by atoms with Crippen molar-refractivity contribution < 1.29 is 0 Å². The Morgan fingerprint density at radius 1 is 1.40 bits per heavy atom.